The number of halogens is 1. The molecule has 4 rings (SSSR count). The fourth-order valence-electron chi connectivity index (χ4n) is 2.83. The summed E-state index contributed by atoms with van der Waals surface area (Å²) in [6, 6.07) is 16.4. The van der Waals surface area contributed by atoms with E-state index < -0.39 is 0 Å². The Hall–Kier alpha value is -2.98. The molecule has 2 aromatic carbocycles. The molecular weight excluding hydrogens is 336 g/mol. The standard InChI is InChI=1S/C20H15ClN2O2/c1-12-9-15(5-6-17(12)22)23-8-7-18-16(20(23)24)11-19(25-18)13-3-2-4-14(21)10-13/h2-11H,22H2,1H3. The largest absolute Gasteiger partial charge is 0.456 e. The number of nitrogen functional groups attached to an aromatic ring is 1. The summed E-state index contributed by atoms with van der Waals surface area (Å²) in [7, 11) is 0. The Morgan fingerprint density at radius 2 is 1.92 bits per heavy atom. The summed E-state index contributed by atoms with van der Waals surface area (Å²) in [5.41, 5.74) is 9.49. The number of rotatable bonds is 2. The third-order valence-electron chi connectivity index (χ3n) is 4.23. The average Bonchev–Trinajstić information content (AvgIpc) is 3.03. The second kappa shape index (κ2) is 5.83. The summed E-state index contributed by atoms with van der Waals surface area (Å²) in [5, 5.41) is 1.14. The van der Waals surface area contributed by atoms with E-state index in [2.05, 4.69) is 0 Å². The van der Waals surface area contributed by atoms with E-state index in [1.807, 2.05) is 31.2 Å². The smallest absolute Gasteiger partial charge is 0.266 e. The quantitative estimate of drug-likeness (QED) is 0.528. The van der Waals surface area contributed by atoms with Crippen molar-refractivity contribution in [1.29, 1.82) is 0 Å². The molecule has 25 heavy (non-hydrogen) atoms. The second-order valence-electron chi connectivity index (χ2n) is 5.93. The third-order valence-corrected chi connectivity index (χ3v) is 4.46. The van der Waals surface area contributed by atoms with Crippen LogP contribution in [0.15, 0.2) is 70.0 Å². The highest BCUT2D eigenvalue weighted by Crippen LogP contribution is 2.28. The molecule has 0 unspecified atom stereocenters. The van der Waals surface area contributed by atoms with Crippen molar-refractivity contribution in [3.05, 3.63) is 81.7 Å². The van der Waals surface area contributed by atoms with Gasteiger partial charge in [0.2, 0.25) is 0 Å². The summed E-state index contributed by atoms with van der Waals surface area (Å²) in [5.74, 6) is 0.612. The molecule has 0 aliphatic rings. The topological polar surface area (TPSA) is 61.2 Å². The van der Waals surface area contributed by atoms with Crippen LogP contribution < -0.4 is 11.3 Å². The summed E-state index contributed by atoms with van der Waals surface area (Å²) in [6.45, 7) is 1.91. The lowest BCUT2D eigenvalue weighted by Gasteiger charge is -2.07. The van der Waals surface area contributed by atoms with E-state index in [0.717, 1.165) is 16.8 Å². The number of aromatic nitrogens is 1. The van der Waals surface area contributed by atoms with Gasteiger partial charge in [-0.25, -0.2) is 0 Å². The van der Waals surface area contributed by atoms with Crippen molar-refractivity contribution in [2.45, 2.75) is 6.92 Å². The van der Waals surface area contributed by atoms with E-state index in [1.165, 1.54) is 0 Å². The van der Waals surface area contributed by atoms with Gasteiger partial charge in [-0.05, 0) is 55.0 Å². The number of benzene rings is 2. The zero-order valence-electron chi connectivity index (χ0n) is 13.5. The van der Waals surface area contributed by atoms with Crippen LogP contribution in [0.5, 0.6) is 0 Å². The number of fused-ring (bicyclic) bond motifs is 1. The number of nitrogens with zero attached hydrogens (tertiary/aromatic N) is 1. The van der Waals surface area contributed by atoms with Gasteiger partial charge in [0.05, 0.1) is 5.39 Å². The van der Waals surface area contributed by atoms with Crippen LogP contribution >= 0.6 is 11.6 Å². The Balaban J connectivity index is 1.88. The number of hydrogen-bond acceptors (Lipinski definition) is 3. The van der Waals surface area contributed by atoms with E-state index >= 15 is 0 Å². The van der Waals surface area contributed by atoms with Gasteiger partial charge in [-0.3, -0.25) is 9.36 Å². The molecule has 0 amide bonds. The Labute approximate surface area is 149 Å². The minimum absolute atomic E-state index is 0.140. The molecule has 0 atom stereocenters. The average molecular weight is 351 g/mol. The summed E-state index contributed by atoms with van der Waals surface area (Å²) in [4.78, 5) is 12.9. The predicted molar refractivity (Wildman–Crippen MR) is 101 cm³/mol. The van der Waals surface area contributed by atoms with Gasteiger partial charge in [-0.2, -0.15) is 0 Å². The zero-order chi connectivity index (χ0) is 17.6. The maximum absolute atomic E-state index is 12.9. The minimum atomic E-state index is -0.140. The third kappa shape index (κ3) is 2.71. The van der Waals surface area contributed by atoms with Crippen molar-refractivity contribution in [3.63, 3.8) is 0 Å². The van der Waals surface area contributed by atoms with Gasteiger partial charge in [0.1, 0.15) is 11.3 Å². The van der Waals surface area contributed by atoms with Crippen molar-refractivity contribution < 1.29 is 4.42 Å². The molecule has 0 aliphatic carbocycles. The van der Waals surface area contributed by atoms with Crippen LogP contribution in [0, 0.1) is 6.92 Å². The van der Waals surface area contributed by atoms with Crippen molar-refractivity contribution in [3.8, 4) is 17.0 Å². The van der Waals surface area contributed by atoms with Gasteiger partial charge in [0.15, 0.2) is 0 Å². The van der Waals surface area contributed by atoms with Crippen LogP contribution in [0.4, 0.5) is 5.69 Å². The molecular formula is C20H15ClN2O2. The fraction of sp³-hybridized carbons (Fsp3) is 0.0500. The predicted octanol–water partition coefficient (Wildman–Crippen LogP) is 4.79. The Morgan fingerprint density at radius 3 is 2.68 bits per heavy atom. The van der Waals surface area contributed by atoms with Crippen molar-refractivity contribution in [1.82, 2.24) is 4.57 Å². The molecule has 0 saturated heterocycles. The second-order valence-corrected chi connectivity index (χ2v) is 6.37. The van der Waals surface area contributed by atoms with Gasteiger partial charge < -0.3 is 10.2 Å². The maximum atomic E-state index is 12.9. The van der Waals surface area contributed by atoms with E-state index in [-0.39, 0.29) is 5.56 Å². The molecule has 4 nitrogen and oxygen atoms in total. The molecule has 0 aliphatic heterocycles. The van der Waals surface area contributed by atoms with Gasteiger partial charge in [0, 0.05) is 28.2 Å². The minimum Gasteiger partial charge on any atom is -0.456 e. The van der Waals surface area contributed by atoms with E-state index in [0.29, 0.717) is 27.4 Å². The first-order chi connectivity index (χ1) is 12.0. The van der Waals surface area contributed by atoms with E-state index in [1.54, 1.807) is 41.1 Å². The van der Waals surface area contributed by atoms with Crippen LogP contribution in [0.2, 0.25) is 5.02 Å². The fourth-order valence-corrected chi connectivity index (χ4v) is 3.02. The number of pyridine rings is 1. The number of furan rings is 1. The van der Waals surface area contributed by atoms with E-state index in [9.17, 15) is 4.79 Å². The Kier molecular flexibility index (Phi) is 3.62. The van der Waals surface area contributed by atoms with Crippen LogP contribution in [0.25, 0.3) is 28.0 Å². The highest BCUT2D eigenvalue weighted by molar-refractivity contribution is 6.30. The molecule has 0 fully saturated rings. The van der Waals surface area contributed by atoms with Crippen molar-refractivity contribution in [2.24, 2.45) is 0 Å². The molecule has 0 radical (unpaired) electrons. The SMILES string of the molecule is Cc1cc(-n2ccc3oc(-c4cccc(Cl)c4)cc3c2=O)ccc1N. The highest BCUT2D eigenvalue weighted by Gasteiger charge is 2.12. The normalized spacial score (nSPS) is 11.1. The lowest BCUT2D eigenvalue weighted by molar-refractivity contribution is 0.630. The zero-order valence-corrected chi connectivity index (χ0v) is 14.2. The van der Waals surface area contributed by atoms with Gasteiger partial charge in [-0.1, -0.05) is 23.7 Å². The number of anilines is 1. The van der Waals surface area contributed by atoms with Gasteiger partial charge >= 0.3 is 0 Å². The molecule has 2 heterocycles. The van der Waals surface area contributed by atoms with Crippen LogP contribution in [-0.4, -0.2) is 4.57 Å². The Morgan fingerprint density at radius 1 is 1.08 bits per heavy atom. The molecule has 0 bridgehead atoms. The first kappa shape index (κ1) is 15.5. The molecule has 2 aromatic heterocycles. The first-order valence-corrected chi connectivity index (χ1v) is 8.18. The monoisotopic (exact) mass is 350 g/mol. The molecule has 0 saturated carbocycles. The lowest BCUT2D eigenvalue weighted by atomic mass is 10.1. The van der Waals surface area contributed by atoms with Gasteiger partial charge in [0.25, 0.3) is 5.56 Å². The molecule has 2 N–H and O–H groups in total. The number of aryl methyl sites for hydroxylation is 1. The molecule has 0 spiro atoms. The van der Waals surface area contributed by atoms with Crippen LogP contribution in [0.3, 0.4) is 0 Å². The molecule has 124 valence electrons. The maximum Gasteiger partial charge on any atom is 0.266 e. The molecule has 4 aromatic rings. The Bertz CT molecular complexity index is 1160. The van der Waals surface area contributed by atoms with Crippen molar-refractivity contribution >= 4 is 28.3 Å². The first-order valence-electron chi connectivity index (χ1n) is 7.80. The molecule has 5 heteroatoms. The summed E-state index contributed by atoms with van der Waals surface area (Å²) >= 11 is 6.04. The highest BCUT2D eigenvalue weighted by atomic mass is 35.5. The number of nitrogens with two attached hydrogens (primary N) is 1. The van der Waals surface area contributed by atoms with E-state index in [4.69, 9.17) is 21.8 Å². The van der Waals surface area contributed by atoms with Crippen molar-refractivity contribution in [2.75, 3.05) is 5.73 Å². The van der Waals surface area contributed by atoms with Gasteiger partial charge in [-0.15, -0.1) is 0 Å². The lowest BCUT2D eigenvalue weighted by Crippen LogP contribution is -2.17. The van der Waals surface area contributed by atoms with Crippen LogP contribution in [0.1, 0.15) is 5.56 Å². The summed E-state index contributed by atoms with van der Waals surface area (Å²) in [6.07, 6.45) is 1.71. The van der Waals surface area contributed by atoms with Crippen LogP contribution in [-0.2, 0) is 0 Å². The number of hydrogen-bond donors (Lipinski definition) is 1. The summed E-state index contributed by atoms with van der Waals surface area (Å²) < 4.78 is 7.42.